The molecule has 0 atom stereocenters. The summed E-state index contributed by atoms with van der Waals surface area (Å²) in [7, 11) is 0. The zero-order chi connectivity index (χ0) is 14.2. The van der Waals surface area contributed by atoms with Gasteiger partial charge in [-0.2, -0.15) is 0 Å². The fourth-order valence-electron chi connectivity index (χ4n) is 3.47. The van der Waals surface area contributed by atoms with Gasteiger partial charge in [0.15, 0.2) is 0 Å². The van der Waals surface area contributed by atoms with Crippen molar-refractivity contribution in [2.45, 2.75) is 58.2 Å². The van der Waals surface area contributed by atoms with E-state index in [2.05, 4.69) is 25.0 Å². The minimum atomic E-state index is 0.732. The maximum absolute atomic E-state index is 4.88. The van der Waals surface area contributed by atoms with Crippen LogP contribution in [0.4, 0.5) is 0 Å². The van der Waals surface area contributed by atoms with Gasteiger partial charge in [0.1, 0.15) is 11.6 Å². The molecule has 3 heterocycles. The number of nitrogens with zero attached hydrogens (tertiary/aromatic N) is 5. The molecule has 2 aromatic heterocycles. The highest BCUT2D eigenvalue weighted by molar-refractivity contribution is 7.09. The molecule has 0 saturated heterocycles. The molecule has 2 aliphatic rings. The van der Waals surface area contributed by atoms with Gasteiger partial charge in [-0.3, -0.25) is 4.90 Å². The van der Waals surface area contributed by atoms with Crippen molar-refractivity contribution in [1.29, 1.82) is 0 Å². The number of fused-ring (bicyclic) bond motifs is 1. The van der Waals surface area contributed by atoms with E-state index in [1.54, 1.807) is 0 Å². The second-order valence-corrected chi connectivity index (χ2v) is 7.07. The number of thiazole rings is 1. The van der Waals surface area contributed by atoms with Gasteiger partial charge in [0, 0.05) is 30.9 Å². The molecule has 1 fully saturated rings. The van der Waals surface area contributed by atoms with Crippen molar-refractivity contribution in [3.05, 3.63) is 27.7 Å². The van der Waals surface area contributed by atoms with E-state index in [4.69, 9.17) is 4.98 Å². The van der Waals surface area contributed by atoms with Crippen LogP contribution in [0.3, 0.4) is 0 Å². The van der Waals surface area contributed by atoms with Gasteiger partial charge >= 0.3 is 0 Å². The lowest BCUT2D eigenvalue weighted by molar-refractivity contribution is 0.205. The third kappa shape index (κ3) is 2.62. The molecule has 0 amide bonds. The first-order valence-corrected chi connectivity index (χ1v) is 8.73. The Morgan fingerprint density at radius 2 is 2.10 bits per heavy atom. The van der Waals surface area contributed by atoms with Crippen molar-refractivity contribution in [3.8, 4) is 0 Å². The Hall–Kier alpha value is -1.27. The van der Waals surface area contributed by atoms with Crippen LogP contribution < -0.4 is 0 Å². The van der Waals surface area contributed by atoms with Crippen LogP contribution in [0.25, 0.3) is 0 Å². The van der Waals surface area contributed by atoms with E-state index in [9.17, 15) is 0 Å². The van der Waals surface area contributed by atoms with E-state index >= 15 is 0 Å². The van der Waals surface area contributed by atoms with Gasteiger partial charge in [0.05, 0.1) is 17.2 Å². The van der Waals surface area contributed by atoms with Gasteiger partial charge in [0.25, 0.3) is 0 Å². The van der Waals surface area contributed by atoms with E-state index in [0.717, 1.165) is 43.7 Å². The first-order chi connectivity index (χ1) is 10.3. The van der Waals surface area contributed by atoms with Crippen molar-refractivity contribution < 1.29 is 0 Å². The van der Waals surface area contributed by atoms with E-state index in [0.29, 0.717) is 0 Å². The number of rotatable bonds is 3. The van der Waals surface area contributed by atoms with E-state index in [1.165, 1.54) is 36.4 Å². The summed E-state index contributed by atoms with van der Waals surface area (Å²) in [6.45, 7) is 5.91. The molecule has 0 N–H and O–H groups in total. The minimum Gasteiger partial charge on any atom is -0.313 e. The molecule has 0 spiro atoms. The van der Waals surface area contributed by atoms with E-state index in [-0.39, 0.29) is 0 Å². The van der Waals surface area contributed by atoms with Gasteiger partial charge in [-0.25, -0.2) is 4.98 Å². The highest BCUT2D eigenvalue weighted by atomic mass is 32.1. The molecule has 21 heavy (non-hydrogen) atoms. The summed E-state index contributed by atoms with van der Waals surface area (Å²) in [5, 5.41) is 12.0. The van der Waals surface area contributed by atoms with Crippen LogP contribution >= 0.6 is 11.3 Å². The molecule has 4 rings (SSSR count). The first-order valence-electron chi connectivity index (χ1n) is 7.85. The lowest BCUT2D eigenvalue weighted by atomic mass is 10.1. The summed E-state index contributed by atoms with van der Waals surface area (Å²) in [5.41, 5.74) is 1.23. The fourth-order valence-corrected chi connectivity index (χ4v) is 4.45. The predicted molar refractivity (Wildman–Crippen MR) is 82.2 cm³/mol. The Morgan fingerprint density at radius 3 is 2.95 bits per heavy atom. The average Bonchev–Trinajstić information content (AvgIpc) is 3.20. The normalized spacial score (nSPS) is 20.0. The van der Waals surface area contributed by atoms with Crippen molar-refractivity contribution >= 4 is 11.3 Å². The van der Waals surface area contributed by atoms with Crippen LogP contribution in [0.15, 0.2) is 5.38 Å². The standard InChI is InChI=1S/C15H21N5S/c1-11-17-18-14-9-19(6-7-20(11)14)8-13-10-21-15(16-13)12-4-2-3-5-12/h10,12H,2-9H2,1H3. The largest absolute Gasteiger partial charge is 0.313 e. The van der Waals surface area contributed by atoms with Crippen LogP contribution in [0, 0.1) is 6.92 Å². The van der Waals surface area contributed by atoms with Crippen molar-refractivity contribution in [3.63, 3.8) is 0 Å². The van der Waals surface area contributed by atoms with E-state index < -0.39 is 0 Å². The molecule has 2 aromatic rings. The Bertz CT molecular complexity index is 626. The predicted octanol–water partition coefficient (Wildman–Crippen LogP) is 2.72. The van der Waals surface area contributed by atoms with Crippen LogP contribution in [0.1, 0.15) is 54.0 Å². The van der Waals surface area contributed by atoms with Gasteiger partial charge in [0.2, 0.25) is 0 Å². The van der Waals surface area contributed by atoms with Gasteiger partial charge < -0.3 is 4.57 Å². The van der Waals surface area contributed by atoms with Crippen LogP contribution in [-0.4, -0.2) is 31.2 Å². The molecular weight excluding hydrogens is 282 g/mol. The number of hydrogen-bond acceptors (Lipinski definition) is 5. The molecule has 0 radical (unpaired) electrons. The summed E-state index contributed by atoms with van der Waals surface area (Å²) in [5.74, 6) is 2.85. The smallest absolute Gasteiger partial charge is 0.147 e. The van der Waals surface area contributed by atoms with Gasteiger partial charge in [-0.1, -0.05) is 12.8 Å². The Morgan fingerprint density at radius 1 is 1.24 bits per heavy atom. The monoisotopic (exact) mass is 303 g/mol. The van der Waals surface area contributed by atoms with Crippen LogP contribution in [0.2, 0.25) is 0 Å². The number of hydrogen-bond donors (Lipinski definition) is 0. The first kappa shape index (κ1) is 13.4. The molecule has 0 unspecified atom stereocenters. The van der Waals surface area contributed by atoms with Gasteiger partial charge in [-0.15, -0.1) is 21.5 Å². The number of aryl methyl sites for hydroxylation is 1. The quantitative estimate of drug-likeness (QED) is 0.874. The van der Waals surface area contributed by atoms with E-state index in [1.807, 2.05) is 18.3 Å². The zero-order valence-corrected chi connectivity index (χ0v) is 13.3. The summed E-state index contributed by atoms with van der Waals surface area (Å²) in [6.07, 6.45) is 5.42. The molecule has 0 bridgehead atoms. The Kier molecular flexibility index (Phi) is 3.51. The number of aromatic nitrogens is 4. The molecule has 1 aliphatic heterocycles. The molecule has 1 saturated carbocycles. The van der Waals surface area contributed by atoms with Crippen molar-refractivity contribution in [2.75, 3.05) is 6.54 Å². The average molecular weight is 303 g/mol. The Labute approximate surface area is 129 Å². The summed E-state index contributed by atoms with van der Waals surface area (Å²) in [6, 6.07) is 0. The fraction of sp³-hybridized carbons (Fsp3) is 0.667. The molecule has 0 aromatic carbocycles. The topological polar surface area (TPSA) is 46.8 Å². The molecule has 5 nitrogen and oxygen atoms in total. The van der Waals surface area contributed by atoms with Crippen LogP contribution in [0.5, 0.6) is 0 Å². The highest BCUT2D eigenvalue weighted by Gasteiger charge is 2.22. The molecular formula is C15H21N5S. The summed E-state index contributed by atoms with van der Waals surface area (Å²) in [4.78, 5) is 7.31. The van der Waals surface area contributed by atoms with Crippen molar-refractivity contribution in [2.24, 2.45) is 0 Å². The lowest BCUT2D eigenvalue weighted by Crippen LogP contribution is -2.33. The van der Waals surface area contributed by atoms with Crippen LogP contribution in [-0.2, 0) is 19.6 Å². The second-order valence-electron chi connectivity index (χ2n) is 6.18. The maximum atomic E-state index is 4.88. The second kappa shape index (κ2) is 5.50. The summed E-state index contributed by atoms with van der Waals surface area (Å²) >= 11 is 1.85. The van der Waals surface area contributed by atoms with Gasteiger partial charge in [-0.05, 0) is 19.8 Å². The lowest BCUT2D eigenvalue weighted by Gasteiger charge is -2.26. The minimum absolute atomic E-state index is 0.732. The summed E-state index contributed by atoms with van der Waals surface area (Å²) < 4.78 is 2.22. The maximum Gasteiger partial charge on any atom is 0.147 e. The molecule has 1 aliphatic carbocycles. The third-order valence-corrected chi connectivity index (χ3v) is 5.73. The highest BCUT2D eigenvalue weighted by Crippen LogP contribution is 2.35. The molecule has 112 valence electrons. The SMILES string of the molecule is Cc1nnc2n1CCN(Cc1csc(C3CCCC3)n1)C2. The Balaban J connectivity index is 1.42. The molecule has 6 heteroatoms. The third-order valence-electron chi connectivity index (χ3n) is 4.68. The van der Waals surface area contributed by atoms with Crippen molar-refractivity contribution in [1.82, 2.24) is 24.6 Å². The zero-order valence-electron chi connectivity index (χ0n) is 12.5.